The Hall–Kier alpha value is -1.45. The number of benzene rings is 1. The highest BCUT2D eigenvalue weighted by Gasteiger charge is 2.06. The fraction of sp³-hybridized carbons (Fsp3) is 0.429. The molecule has 1 aromatic rings. The van der Waals surface area contributed by atoms with Crippen LogP contribution in [0, 0.1) is 11.6 Å². The summed E-state index contributed by atoms with van der Waals surface area (Å²) in [5.41, 5.74) is 0.188. The minimum Gasteiger partial charge on any atom is -0.355 e. The molecule has 0 aliphatic heterocycles. The second kappa shape index (κ2) is 11.2. The molecule has 1 aromatic carbocycles. The van der Waals surface area contributed by atoms with Crippen molar-refractivity contribution in [3.8, 4) is 0 Å². The molecule has 22 heavy (non-hydrogen) atoms. The zero-order chi connectivity index (χ0) is 15.7. The molecule has 0 atom stereocenters. The molecule has 8 heteroatoms. The first-order chi connectivity index (χ1) is 10.1. The second-order valence-corrected chi connectivity index (χ2v) is 4.37. The van der Waals surface area contributed by atoms with Gasteiger partial charge in [-0.05, 0) is 24.6 Å². The van der Waals surface area contributed by atoms with E-state index in [1.807, 2.05) is 6.92 Å². The van der Waals surface area contributed by atoms with Crippen LogP contribution in [0.15, 0.2) is 23.2 Å². The summed E-state index contributed by atoms with van der Waals surface area (Å²) in [6.45, 7) is 2.70. The monoisotopic (exact) mass is 426 g/mol. The summed E-state index contributed by atoms with van der Waals surface area (Å²) in [5.74, 6) is -0.822. The van der Waals surface area contributed by atoms with Crippen LogP contribution in [-0.4, -0.2) is 32.0 Å². The molecule has 5 nitrogen and oxygen atoms in total. The van der Waals surface area contributed by atoms with Crippen molar-refractivity contribution in [1.82, 2.24) is 16.0 Å². The van der Waals surface area contributed by atoms with Crippen LogP contribution in [0.25, 0.3) is 0 Å². The summed E-state index contributed by atoms with van der Waals surface area (Å²) in [4.78, 5) is 15.3. The van der Waals surface area contributed by atoms with Crippen LogP contribution in [0.4, 0.5) is 8.78 Å². The van der Waals surface area contributed by atoms with Gasteiger partial charge in [-0.2, -0.15) is 0 Å². The normalized spacial score (nSPS) is 10.6. The average molecular weight is 426 g/mol. The molecule has 0 saturated heterocycles. The molecule has 0 aliphatic rings. The van der Waals surface area contributed by atoms with Gasteiger partial charge >= 0.3 is 0 Å². The lowest BCUT2D eigenvalue weighted by molar-refractivity contribution is -0.120. The highest BCUT2D eigenvalue weighted by molar-refractivity contribution is 14.0. The van der Waals surface area contributed by atoms with E-state index in [0.717, 1.165) is 24.6 Å². The first kappa shape index (κ1) is 20.6. The van der Waals surface area contributed by atoms with Gasteiger partial charge in [-0.1, -0.05) is 6.92 Å². The molecule has 0 heterocycles. The Morgan fingerprint density at radius 3 is 2.59 bits per heavy atom. The van der Waals surface area contributed by atoms with E-state index in [1.165, 1.54) is 7.05 Å². The fourth-order valence-electron chi connectivity index (χ4n) is 1.57. The van der Waals surface area contributed by atoms with Crippen LogP contribution in [-0.2, 0) is 11.3 Å². The number of nitrogens with one attached hydrogen (secondary N) is 3. The molecular weight excluding hydrogens is 405 g/mol. The van der Waals surface area contributed by atoms with Gasteiger partial charge in [0, 0.05) is 25.7 Å². The van der Waals surface area contributed by atoms with Gasteiger partial charge in [0.25, 0.3) is 0 Å². The molecular formula is C14H21F2IN4O. The van der Waals surface area contributed by atoms with Gasteiger partial charge < -0.3 is 16.0 Å². The van der Waals surface area contributed by atoms with Gasteiger partial charge in [0.2, 0.25) is 5.91 Å². The van der Waals surface area contributed by atoms with Crippen molar-refractivity contribution < 1.29 is 13.6 Å². The summed E-state index contributed by atoms with van der Waals surface area (Å²) >= 11 is 0. The van der Waals surface area contributed by atoms with Crippen molar-refractivity contribution in [3.05, 3.63) is 35.4 Å². The number of carbonyl (C=O) groups is 1. The van der Waals surface area contributed by atoms with E-state index in [4.69, 9.17) is 0 Å². The Labute approximate surface area is 146 Å². The lowest BCUT2D eigenvalue weighted by Crippen LogP contribution is -2.43. The van der Waals surface area contributed by atoms with E-state index in [-0.39, 0.29) is 48.5 Å². The molecule has 1 amide bonds. The fourth-order valence-corrected chi connectivity index (χ4v) is 1.57. The van der Waals surface area contributed by atoms with E-state index in [0.29, 0.717) is 12.5 Å². The number of guanidine groups is 1. The van der Waals surface area contributed by atoms with Crippen molar-refractivity contribution in [3.63, 3.8) is 0 Å². The van der Waals surface area contributed by atoms with Crippen LogP contribution >= 0.6 is 24.0 Å². The molecule has 3 N–H and O–H groups in total. The SMILES string of the molecule is CCCNC(=O)CNC(=NC)NCc1cc(F)ccc1F.I. The topological polar surface area (TPSA) is 65.5 Å². The van der Waals surface area contributed by atoms with E-state index >= 15 is 0 Å². The Kier molecular flexibility index (Phi) is 10.4. The molecule has 0 aromatic heterocycles. The van der Waals surface area contributed by atoms with E-state index < -0.39 is 11.6 Å². The standard InChI is InChI=1S/C14H20F2N4O.HI/c1-3-6-18-13(21)9-20-14(17-2)19-8-10-7-11(15)4-5-12(10)16;/h4-5,7H,3,6,8-9H2,1-2H3,(H,18,21)(H2,17,19,20);1H. The Morgan fingerprint density at radius 2 is 1.95 bits per heavy atom. The van der Waals surface area contributed by atoms with Crippen molar-refractivity contribution in [1.29, 1.82) is 0 Å². The summed E-state index contributed by atoms with van der Waals surface area (Å²) in [7, 11) is 1.53. The summed E-state index contributed by atoms with van der Waals surface area (Å²) < 4.78 is 26.5. The van der Waals surface area contributed by atoms with Gasteiger partial charge in [0.15, 0.2) is 5.96 Å². The number of halogens is 3. The molecule has 0 saturated carbocycles. The minimum atomic E-state index is -0.505. The highest BCUT2D eigenvalue weighted by Crippen LogP contribution is 2.08. The minimum absolute atomic E-state index is 0. The third-order valence-electron chi connectivity index (χ3n) is 2.67. The number of hydrogen-bond donors (Lipinski definition) is 3. The number of amides is 1. The first-order valence-electron chi connectivity index (χ1n) is 6.72. The predicted molar refractivity (Wildman–Crippen MR) is 93.3 cm³/mol. The number of carbonyl (C=O) groups excluding carboxylic acids is 1. The van der Waals surface area contributed by atoms with Crippen LogP contribution in [0.1, 0.15) is 18.9 Å². The maximum absolute atomic E-state index is 13.4. The molecule has 124 valence electrons. The Morgan fingerprint density at radius 1 is 1.23 bits per heavy atom. The Balaban J connectivity index is 0.00000441. The van der Waals surface area contributed by atoms with E-state index in [2.05, 4.69) is 20.9 Å². The number of rotatable bonds is 6. The van der Waals surface area contributed by atoms with Crippen LogP contribution in [0.5, 0.6) is 0 Å². The van der Waals surface area contributed by atoms with Crippen molar-refractivity contribution in [2.45, 2.75) is 19.9 Å². The highest BCUT2D eigenvalue weighted by atomic mass is 127. The van der Waals surface area contributed by atoms with Gasteiger partial charge in [0.05, 0.1) is 6.54 Å². The van der Waals surface area contributed by atoms with Crippen LogP contribution < -0.4 is 16.0 Å². The summed E-state index contributed by atoms with van der Waals surface area (Å²) in [5, 5.41) is 8.32. The first-order valence-corrected chi connectivity index (χ1v) is 6.72. The maximum atomic E-state index is 13.4. The summed E-state index contributed by atoms with van der Waals surface area (Å²) in [6.07, 6.45) is 0.859. The smallest absolute Gasteiger partial charge is 0.239 e. The molecule has 0 fully saturated rings. The number of nitrogens with zero attached hydrogens (tertiary/aromatic N) is 1. The van der Waals surface area contributed by atoms with Crippen molar-refractivity contribution in [2.24, 2.45) is 4.99 Å². The second-order valence-electron chi connectivity index (χ2n) is 4.37. The molecule has 1 rings (SSSR count). The molecule has 0 spiro atoms. The molecule has 0 aliphatic carbocycles. The lowest BCUT2D eigenvalue weighted by Gasteiger charge is -2.12. The summed E-state index contributed by atoms with van der Waals surface area (Å²) in [6, 6.07) is 3.24. The quantitative estimate of drug-likeness (QED) is 0.369. The molecule has 0 unspecified atom stereocenters. The van der Waals surface area contributed by atoms with Gasteiger partial charge in [-0.3, -0.25) is 9.79 Å². The van der Waals surface area contributed by atoms with Gasteiger partial charge in [0.1, 0.15) is 11.6 Å². The third kappa shape index (κ3) is 7.53. The average Bonchev–Trinajstić information content (AvgIpc) is 2.48. The molecule has 0 bridgehead atoms. The lowest BCUT2D eigenvalue weighted by atomic mass is 10.2. The van der Waals surface area contributed by atoms with Crippen LogP contribution in [0.3, 0.4) is 0 Å². The maximum Gasteiger partial charge on any atom is 0.239 e. The number of hydrogen-bond acceptors (Lipinski definition) is 2. The number of aliphatic imine (C=N–C) groups is 1. The zero-order valence-corrected chi connectivity index (χ0v) is 14.9. The van der Waals surface area contributed by atoms with E-state index in [9.17, 15) is 13.6 Å². The predicted octanol–water partition coefficient (Wildman–Crippen LogP) is 1.77. The molecule has 0 radical (unpaired) electrons. The zero-order valence-electron chi connectivity index (χ0n) is 12.6. The van der Waals surface area contributed by atoms with E-state index in [1.54, 1.807) is 0 Å². The van der Waals surface area contributed by atoms with Gasteiger partial charge in [-0.15, -0.1) is 24.0 Å². The van der Waals surface area contributed by atoms with Crippen molar-refractivity contribution >= 4 is 35.8 Å². The Bertz CT molecular complexity index is 512. The van der Waals surface area contributed by atoms with Crippen molar-refractivity contribution in [2.75, 3.05) is 20.1 Å². The largest absolute Gasteiger partial charge is 0.355 e. The van der Waals surface area contributed by atoms with Crippen LogP contribution in [0.2, 0.25) is 0 Å². The third-order valence-corrected chi connectivity index (χ3v) is 2.67. The van der Waals surface area contributed by atoms with Gasteiger partial charge in [-0.25, -0.2) is 8.78 Å².